The monoisotopic (exact) mass is 231 g/mol. The number of nitrogens with one attached hydrogen (secondary N) is 1. The molecule has 0 unspecified atom stereocenters. The number of pyridine rings is 1. The number of aromatic nitrogens is 1. The second kappa shape index (κ2) is 5.44. The second-order valence-corrected chi connectivity index (χ2v) is 4.74. The fourth-order valence-corrected chi connectivity index (χ4v) is 1.14. The molecule has 0 bridgehead atoms. The van der Waals surface area contributed by atoms with Gasteiger partial charge in [-0.2, -0.15) is 5.26 Å². The topological polar surface area (TPSA) is 65.8 Å². The Morgan fingerprint density at radius 3 is 2.71 bits per heavy atom. The van der Waals surface area contributed by atoms with Crippen LogP contribution in [0.25, 0.3) is 0 Å². The fourth-order valence-electron chi connectivity index (χ4n) is 1.14. The maximum Gasteiger partial charge on any atom is 0.252 e. The summed E-state index contributed by atoms with van der Waals surface area (Å²) in [5, 5.41) is 11.5. The molecule has 1 heterocycles. The first-order chi connectivity index (χ1) is 7.98. The molecule has 0 aliphatic rings. The summed E-state index contributed by atoms with van der Waals surface area (Å²) < 4.78 is 0. The van der Waals surface area contributed by atoms with Gasteiger partial charge in [-0.15, -0.1) is 0 Å². The van der Waals surface area contributed by atoms with Crippen LogP contribution in [0.15, 0.2) is 18.3 Å². The molecule has 1 rings (SSSR count). The van der Waals surface area contributed by atoms with Crippen molar-refractivity contribution in [2.45, 2.75) is 27.2 Å². The Kier molecular flexibility index (Phi) is 4.22. The summed E-state index contributed by atoms with van der Waals surface area (Å²) in [6.07, 6.45) is 2.42. The fraction of sp³-hybridized carbons (Fsp3) is 0.462. The lowest BCUT2D eigenvalue weighted by Gasteiger charge is -2.22. The van der Waals surface area contributed by atoms with Crippen molar-refractivity contribution in [2.75, 3.05) is 6.54 Å². The van der Waals surface area contributed by atoms with Gasteiger partial charge in [-0.25, -0.2) is 4.98 Å². The predicted octanol–water partition coefficient (Wildman–Crippen LogP) is 2.12. The molecule has 0 aliphatic heterocycles. The van der Waals surface area contributed by atoms with Gasteiger partial charge in [0.2, 0.25) is 0 Å². The van der Waals surface area contributed by atoms with Gasteiger partial charge in [0, 0.05) is 12.7 Å². The molecular formula is C13H17N3O. The average Bonchev–Trinajstić information content (AvgIpc) is 2.36. The van der Waals surface area contributed by atoms with Gasteiger partial charge < -0.3 is 5.32 Å². The predicted molar refractivity (Wildman–Crippen MR) is 65.4 cm³/mol. The standard InChI is InChI=1S/C13H17N3O/c1-4-13(2,3)9-16-12(17)10-5-6-11(7-14)15-8-10/h5-6,8H,4,9H2,1-3H3,(H,16,17). The van der Waals surface area contributed by atoms with Crippen LogP contribution in [-0.4, -0.2) is 17.4 Å². The lowest BCUT2D eigenvalue weighted by Crippen LogP contribution is -2.33. The summed E-state index contributed by atoms with van der Waals surface area (Å²) >= 11 is 0. The highest BCUT2D eigenvalue weighted by atomic mass is 16.1. The molecule has 4 heteroatoms. The maximum absolute atomic E-state index is 11.8. The van der Waals surface area contributed by atoms with Crippen molar-refractivity contribution in [3.8, 4) is 6.07 Å². The van der Waals surface area contributed by atoms with Gasteiger partial charge in [0.05, 0.1) is 5.56 Å². The Morgan fingerprint density at radius 1 is 1.53 bits per heavy atom. The van der Waals surface area contributed by atoms with Gasteiger partial charge in [0.15, 0.2) is 0 Å². The van der Waals surface area contributed by atoms with Crippen LogP contribution >= 0.6 is 0 Å². The number of carbonyl (C=O) groups is 1. The summed E-state index contributed by atoms with van der Waals surface area (Å²) in [4.78, 5) is 15.6. The first-order valence-electron chi connectivity index (χ1n) is 5.63. The Bertz CT molecular complexity index is 429. The molecule has 0 spiro atoms. The van der Waals surface area contributed by atoms with Crippen molar-refractivity contribution in [1.29, 1.82) is 5.26 Å². The van der Waals surface area contributed by atoms with Crippen molar-refractivity contribution in [1.82, 2.24) is 10.3 Å². The van der Waals surface area contributed by atoms with Crippen molar-refractivity contribution < 1.29 is 4.79 Å². The number of nitrogens with zero attached hydrogens (tertiary/aromatic N) is 2. The minimum atomic E-state index is -0.150. The molecule has 4 nitrogen and oxygen atoms in total. The van der Waals surface area contributed by atoms with E-state index >= 15 is 0 Å². The largest absolute Gasteiger partial charge is 0.351 e. The van der Waals surface area contributed by atoms with Crippen LogP contribution in [0.1, 0.15) is 43.2 Å². The quantitative estimate of drug-likeness (QED) is 0.863. The number of amides is 1. The molecule has 1 aromatic rings. The van der Waals surface area contributed by atoms with Crippen LogP contribution in [-0.2, 0) is 0 Å². The Hall–Kier alpha value is -1.89. The summed E-state index contributed by atoms with van der Waals surface area (Å²) in [6.45, 7) is 6.92. The van der Waals surface area contributed by atoms with E-state index in [1.807, 2.05) is 6.07 Å². The number of hydrogen-bond acceptors (Lipinski definition) is 3. The molecule has 0 aliphatic carbocycles. The number of hydrogen-bond donors (Lipinski definition) is 1. The van der Waals surface area contributed by atoms with Gasteiger partial charge in [0.25, 0.3) is 5.91 Å². The van der Waals surface area contributed by atoms with E-state index in [1.165, 1.54) is 6.20 Å². The molecule has 1 aromatic heterocycles. The van der Waals surface area contributed by atoms with Crippen LogP contribution in [0.5, 0.6) is 0 Å². The van der Waals surface area contributed by atoms with Crippen LogP contribution < -0.4 is 5.32 Å². The van der Waals surface area contributed by atoms with Crippen molar-refractivity contribution in [2.24, 2.45) is 5.41 Å². The lowest BCUT2D eigenvalue weighted by atomic mass is 9.90. The first kappa shape index (κ1) is 13.2. The second-order valence-electron chi connectivity index (χ2n) is 4.74. The highest BCUT2D eigenvalue weighted by Crippen LogP contribution is 2.17. The zero-order valence-corrected chi connectivity index (χ0v) is 10.4. The smallest absolute Gasteiger partial charge is 0.252 e. The van der Waals surface area contributed by atoms with Gasteiger partial charge in [-0.1, -0.05) is 20.8 Å². The minimum Gasteiger partial charge on any atom is -0.351 e. The molecule has 1 amide bonds. The summed E-state index contributed by atoms with van der Waals surface area (Å²) in [5.41, 5.74) is 0.890. The van der Waals surface area contributed by atoms with E-state index in [-0.39, 0.29) is 11.3 Å². The number of rotatable bonds is 4. The molecular weight excluding hydrogens is 214 g/mol. The van der Waals surface area contributed by atoms with Gasteiger partial charge in [-0.05, 0) is 24.0 Å². The third kappa shape index (κ3) is 3.87. The van der Waals surface area contributed by atoms with E-state index in [9.17, 15) is 4.79 Å². The summed E-state index contributed by atoms with van der Waals surface area (Å²) in [7, 11) is 0. The zero-order valence-electron chi connectivity index (χ0n) is 10.4. The summed E-state index contributed by atoms with van der Waals surface area (Å²) in [6, 6.07) is 5.07. The zero-order chi connectivity index (χ0) is 12.9. The van der Waals surface area contributed by atoms with E-state index in [4.69, 9.17) is 5.26 Å². The van der Waals surface area contributed by atoms with Gasteiger partial charge >= 0.3 is 0 Å². The van der Waals surface area contributed by atoms with E-state index in [0.29, 0.717) is 17.8 Å². The van der Waals surface area contributed by atoms with Gasteiger partial charge in [0.1, 0.15) is 11.8 Å². The SMILES string of the molecule is CCC(C)(C)CNC(=O)c1ccc(C#N)nc1. The Morgan fingerprint density at radius 2 is 2.24 bits per heavy atom. The number of nitriles is 1. The molecule has 0 atom stereocenters. The van der Waals surface area contributed by atoms with Crippen molar-refractivity contribution >= 4 is 5.91 Å². The molecule has 0 fully saturated rings. The normalized spacial score (nSPS) is 10.7. The molecule has 17 heavy (non-hydrogen) atoms. The van der Waals surface area contributed by atoms with Crippen molar-refractivity contribution in [3.05, 3.63) is 29.6 Å². The van der Waals surface area contributed by atoms with Crippen LogP contribution in [0, 0.1) is 16.7 Å². The third-order valence-electron chi connectivity index (χ3n) is 2.82. The Balaban J connectivity index is 2.62. The van der Waals surface area contributed by atoms with Crippen LogP contribution in [0.3, 0.4) is 0 Å². The summed E-state index contributed by atoms with van der Waals surface area (Å²) in [5.74, 6) is -0.150. The third-order valence-corrected chi connectivity index (χ3v) is 2.82. The Labute approximate surface area is 102 Å². The molecule has 0 radical (unpaired) electrons. The molecule has 90 valence electrons. The molecule has 1 N–H and O–H groups in total. The molecule has 0 aromatic carbocycles. The first-order valence-corrected chi connectivity index (χ1v) is 5.63. The van der Waals surface area contributed by atoms with E-state index in [1.54, 1.807) is 12.1 Å². The van der Waals surface area contributed by atoms with Gasteiger partial charge in [-0.3, -0.25) is 4.79 Å². The minimum absolute atomic E-state index is 0.0929. The average molecular weight is 231 g/mol. The van der Waals surface area contributed by atoms with E-state index in [0.717, 1.165) is 6.42 Å². The van der Waals surface area contributed by atoms with E-state index in [2.05, 4.69) is 31.1 Å². The van der Waals surface area contributed by atoms with Crippen molar-refractivity contribution in [3.63, 3.8) is 0 Å². The highest BCUT2D eigenvalue weighted by Gasteiger charge is 2.16. The molecule has 0 saturated carbocycles. The number of carbonyl (C=O) groups excluding carboxylic acids is 1. The van der Waals surface area contributed by atoms with Crippen LogP contribution in [0.2, 0.25) is 0 Å². The van der Waals surface area contributed by atoms with E-state index < -0.39 is 0 Å². The lowest BCUT2D eigenvalue weighted by molar-refractivity contribution is 0.0935. The molecule has 0 saturated heterocycles. The highest BCUT2D eigenvalue weighted by molar-refractivity contribution is 5.93. The maximum atomic E-state index is 11.8. The van der Waals surface area contributed by atoms with Crippen LogP contribution in [0.4, 0.5) is 0 Å².